The van der Waals surface area contributed by atoms with Crippen LogP contribution in [0.25, 0.3) is 10.4 Å². The van der Waals surface area contributed by atoms with Crippen LogP contribution in [-0.2, 0) is 0 Å². The molecule has 3 heteroatoms. The molecule has 1 aromatic heterocycles. The number of benzene rings is 1. The van der Waals surface area contributed by atoms with Crippen molar-refractivity contribution in [3.63, 3.8) is 0 Å². The van der Waals surface area contributed by atoms with Gasteiger partial charge in [0.05, 0.1) is 10.4 Å². The number of nitrogens with zero attached hydrogens (tertiary/aromatic N) is 1. The van der Waals surface area contributed by atoms with Gasteiger partial charge in [0.15, 0.2) is 0 Å². The van der Waals surface area contributed by atoms with E-state index in [0.717, 1.165) is 10.4 Å². The van der Waals surface area contributed by atoms with Crippen molar-refractivity contribution in [2.45, 2.75) is 0 Å². The second-order valence-electron chi connectivity index (χ2n) is 2.34. The molecule has 12 heavy (non-hydrogen) atoms. The van der Waals surface area contributed by atoms with Crippen LogP contribution in [0.15, 0.2) is 35.8 Å². The fraction of sp³-hybridized carbons (Fsp3) is 0. The topological polar surface area (TPSA) is 12.9 Å². The normalized spacial score (nSPS) is 10.1. The van der Waals surface area contributed by atoms with E-state index in [2.05, 4.69) is 4.98 Å². The summed E-state index contributed by atoms with van der Waals surface area (Å²) in [4.78, 5) is 5.02. The number of thiazole rings is 1. The zero-order chi connectivity index (χ0) is 8.39. The Bertz CT molecular complexity index is 369. The van der Waals surface area contributed by atoms with E-state index in [1.165, 1.54) is 0 Å². The van der Waals surface area contributed by atoms with E-state index in [-0.39, 0.29) is 0 Å². The number of hydrogen-bond donors (Lipinski definition) is 0. The summed E-state index contributed by atoms with van der Waals surface area (Å²) in [6, 6.07) is 10.0. The van der Waals surface area contributed by atoms with Crippen molar-refractivity contribution in [1.29, 1.82) is 0 Å². The maximum Gasteiger partial charge on any atom is 0.147 e. The van der Waals surface area contributed by atoms with Gasteiger partial charge in [0.2, 0.25) is 0 Å². The van der Waals surface area contributed by atoms with Gasteiger partial charge in [-0.25, -0.2) is 4.98 Å². The van der Waals surface area contributed by atoms with E-state index < -0.39 is 0 Å². The lowest BCUT2D eigenvalue weighted by Gasteiger charge is -1.94. The van der Waals surface area contributed by atoms with E-state index in [4.69, 9.17) is 11.6 Å². The lowest BCUT2D eigenvalue weighted by molar-refractivity contribution is 1.42. The van der Waals surface area contributed by atoms with Gasteiger partial charge in [0, 0.05) is 0 Å². The first kappa shape index (κ1) is 7.77. The molecule has 0 aliphatic rings. The largest absolute Gasteiger partial charge is 0.232 e. The van der Waals surface area contributed by atoms with Gasteiger partial charge < -0.3 is 0 Å². The Hall–Kier alpha value is -0.860. The standard InChI is InChI=1S/C9H6ClNS/c10-9-8(12-6-11-9)7-4-2-1-3-5-7/h1-6H. The fourth-order valence-electron chi connectivity index (χ4n) is 1.01. The fourth-order valence-corrected chi connectivity index (χ4v) is 2.04. The van der Waals surface area contributed by atoms with E-state index in [1.54, 1.807) is 16.8 Å². The molecule has 0 unspecified atom stereocenters. The van der Waals surface area contributed by atoms with Crippen LogP contribution in [0.1, 0.15) is 0 Å². The third kappa shape index (κ3) is 1.36. The van der Waals surface area contributed by atoms with Gasteiger partial charge in [-0.2, -0.15) is 0 Å². The predicted octanol–water partition coefficient (Wildman–Crippen LogP) is 3.46. The number of rotatable bonds is 1. The number of aromatic nitrogens is 1. The van der Waals surface area contributed by atoms with Gasteiger partial charge >= 0.3 is 0 Å². The van der Waals surface area contributed by atoms with Crippen molar-refractivity contribution in [1.82, 2.24) is 4.98 Å². The van der Waals surface area contributed by atoms with E-state index in [9.17, 15) is 0 Å². The molecule has 2 rings (SSSR count). The van der Waals surface area contributed by atoms with Gasteiger partial charge in [0.25, 0.3) is 0 Å². The Morgan fingerprint density at radius 1 is 1.17 bits per heavy atom. The summed E-state index contributed by atoms with van der Waals surface area (Å²) < 4.78 is 0. The molecule has 0 spiro atoms. The zero-order valence-corrected chi connectivity index (χ0v) is 7.77. The monoisotopic (exact) mass is 195 g/mol. The highest BCUT2D eigenvalue weighted by molar-refractivity contribution is 7.13. The van der Waals surface area contributed by atoms with Crippen LogP contribution in [0.2, 0.25) is 5.15 Å². The molecule has 0 fully saturated rings. The van der Waals surface area contributed by atoms with Gasteiger partial charge in [-0.1, -0.05) is 41.9 Å². The van der Waals surface area contributed by atoms with Crippen molar-refractivity contribution in [3.05, 3.63) is 41.0 Å². The van der Waals surface area contributed by atoms with Gasteiger partial charge in [-0.15, -0.1) is 11.3 Å². The van der Waals surface area contributed by atoms with E-state index in [0.29, 0.717) is 5.15 Å². The summed E-state index contributed by atoms with van der Waals surface area (Å²) in [5.41, 5.74) is 2.88. The SMILES string of the molecule is Clc1ncsc1-c1ccccc1. The van der Waals surface area contributed by atoms with Crippen LogP contribution in [0.4, 0.5) is 0 Å². The summed E-state index contributed by atoms with van der Waals surface area (Å²) in [7, 11) is 0. The molecule has 60 valence electrons. The third-order valence-corrected chi connectivity index (χ3v) is 2.83. The van der Waals surface area contributed by atoms with Crippen molar-refractivity contribution in [3.8, 4) is 10.4 Å². The Morgan fingerprint density at radius 2 is 1.92 bits per heavy atom. The van der Waals surface area contributed by atoms with Crippen LogP contribution in [-0.4, -0.2) is 4.98 Å². The van der Waals surface area contributed by atoms with Crippen LogP contribution < -0.4 is 0 Å². The Kier molecular flexibility index (Phi) is 2.11. The Labute approximate surface area is 79.7 Å². The number of hydrogen-bond acceptors (Lipinski definition) is 2. The average molecular weight is 196 g/mol. The van der Waals surface area contributed by atoms with Gasteiger partial charge in [0.1, 0.15) is 5.15 Å². The van der Waals surface area contributed by atoms with E-state index in [1.807, 2.05) is 30.3 Å². The molecule has 0 aliphatic heterocycles. The molecule has 0 bridgehead atoms. The maximum absolute atomic E-state index is 5.87. The number of halogens is 1. The summed E-state index contributed by atoms with van der Waals surface area (Å²) in [5, 5.41) is 0.589. The van der Waals surface area contributed by atoms with Crippen molar-refractivity contribution in [2.24, 2.45) is 0 Å². The van der Waals surface area contributed by atoms with Crippen LogP contribution >= 0.6 is 22.9 Å². The summed E-state index contributed by atoms with van der Waals surface area (Å²) in [5.74, 6) is 0. The predicted molar refractivity (Wildman–Crippen MR) is 52.6 cm³/mol. The maximum atomic E-state index is 5.87. The van der Waals surface area contributed by atoms with E-state index >= 15 is 0 Å². The molecule has 0 radical (unpaired) electrons. The van der Waals surface area contributed by atoms with Gasteiger partial charge in [-0.05, 0) is 5.56 Å². The molecular formula is C9H6ClNS. The van der Waals surface area contributed by atoms with Crippen molar-refractivity contribution in [2.75, 3.05) is 0 Å². The van der Waals surface area contributed by atoms with Crippen molar-refractivity contribution >= 4 is 22.9 Å². The quantitative estimate of drug-likeness (QED) is 0.679. The average Bonchev–Trinajstić information content (AvgIpc) is 2.53. The first-order valence-electron chi connectivity index (χ1n) is 3.52. The molecule has 0 aliphatic carbocycles. The molecule has 0 saturated carbocycles. The molecule has 1 heterocycles. The Balaban J connectivity index is 2.51. The minimum Gasteiger partial charge on any atom is -0.232 e. The van der Waals surface area contributed by atoms with Gasteiger partial charge in [-0.3, -0.25) is 0 Å². The smallest absolute Gasteiger partial charge is 0.147 e. The minimum absolute atomic E-state index is 0.589. The summed E-state index contributed by atoms with van der Waals surface area (Å²) in [6.45, 7) is 0. The molecule has 0 atom stereocenters. The third-order valence-electron chi connectivity index (χ3n) is 1.56. The minimum atomic E-state index is 0.589. The molecule has 0 saturated heterocycles. The molecule has 1 nitrogen and oxygen atoms in total. The van der Waals surface area contributed by atoms with Crippen molar-refractivity contribution < 1.29 is 0 Å². The summed E-state index contributed by atoms with van der Waals surface area (Å²) >= 11 is 7.43. The molecule has 1 aromatic carbocycles. The summed E-state index contributed by atoms with van der Waals surface area (Å²) in [6.07, 6.45) is 0. The molecule has 0 N–H and O–H groups in total. The van der Waals surface area contributed by atoms with Crippen LogP contribution in [0.3, 0.4) is 0 Å². The second-order valence-corrected chi connectivity index (χ2v) is 3.55. The van der Waals surface area contributed by atoms with Crippen LogP contribution in [0.5, 0.6) is 0 Å². The highest BCUT2D eigenvalue weighted by Crippen LogP contribution is 2.30. The molecule has 2 aromatic rings. The zero-order valence-electron chi connectivity index (χ0n) is 6.20. The first-order valence-corrected chi connectivity index (χ1v) is 4.78. The first-order chi connectivity index (χ1) is 5.88. The lowest BCUT2D eigenvalue weighted by atomic mass is 10.2. The highest BCUT2D eigenvalue weighted by Gasteiger charge is 2.04. The highest BCUT2D eigenvalue weighted by atomic mass is 35.5. The lowest BCUT2D eigenvalue weighted by Crippen LogP contribution is -1.71. The Morgan fingerprint density at radius 3 is 2.50 bits per heavy atom. The molecule has 0 amide bonds. The molecular weight excluding hydrogens is 190 g/mol. The second kappa shape index (κ2) is 3.25. The van der Waals surface area contributed by atoms with Crippen LogP contribution in [0, 0.1) is 0 Å².